The van der Waals surface area contributed by atoms with Crippen molar-refractivity contribution in [1.29, 1.82) is 0 Å². The Morgan fingerprint density at radius 2 is 2.00 bits per heavy atom. The van der Waals surface area contributed by atoms with E-state index in [1.165, 1.54) is 44.2 Å². The van der Waals surface area contributed by atoms with Crippen LogP contribution in [0.3, 0.4) is 0 Å². The third kappa shape index (κ3) is 7.56. The zero-order valence-electron chi connectivity index (χ0n) is 22.1. The van der Waals surface area contributed by atoms with E-state index in [4.69, 9.17) is 4.74 Å². The molecule has 0 bridgehead atoms. The number of benzene rings is 1. The number of aliphatic hydroxyl groups is 1. The van der Waals surface area contributed by atoms with Gasteiger partial charge in [0, 0.05) is 50.9 Å². The van der Waals surface area contributed by atoms with Crippen LogP contribution < -0.4 is 10.6 Å². The molecule has 1 saturated heterocycles. The molecular weight excluding hydrogens is 461 g/mol. The summed E-state index contributed by atoms with van der Waals surface area (Å²) in [6.07, 6.45) is 10.5. The van der Waals surface area contributed by atoms with Gasteiger partial charge in [-0.1, -0.05) is 44.2 Å². The minimum atomic E-state index is -1.44. The van der Waals surface area contributed by atoms with Crippen LogP contribution in [-0.2, 0) is 10.3 Å². The summed E-state index contributed by atoms with van der Waals surface area (Å²) < 4.78 is 19.4. The number of nitrogens with one attached hydrogen (secondary N) is 2. The molecule has 1 aromatic carbocycles. The minimum absolute atomic E-state index is 0.0613. The lowest BCUT2D eigenvalue weighted by Gasteiger charge is -2.43. The number of amides is 2. The van der Waals surface area contributed by atoms with E-state index in [9.17, 15) is 19.4 Å². The Kier molecular flexibility index (Phi) is 11.3. The van der Waals surface area contributed by atoms with Crippen molar-refractivity contribution in [1.82, 2.24) is 15.5 Å². The molecular formula is C28H46FN3O4. The first kappa shape index (κ1) is 28.7. The number of halogens is 1. The molecule has 2 unspecified atom stereocenters. The Hall–Kier alpha value is -1.90. The molecule has 1 aliphatic heterocycles. The zero-order chi connectivity index (χ0) is 26.0. The molecule has 2 fully saturated rings. The molecule has 1 heterocycles. The fraction of sp³-hybridized carbons (Fsp3) is 0.750. The zero-order valence-corrected chi connectivity index (χ0v) is 22.1. The molecule has 1 aromatic rings. The summed E-state index contributed by atoms with van der Waals surface area (Å²) in [6.45, 7) is 2.27. The Balaban J connectivity index is 1.72. The second kappa shape index (κ2) is 14.1. The highest BCUT2D eigenvalue weighted by Gasteiger charge is 2.43. The van der Waals surface area contributed by atoms with Gasteiger partial charge in [0.05, 0.1) is 5.60 Å². The van der Waals surface area contributed by atoms with E-state index >= 15 is 0 Å². The molecule has 36 heavy (non-hydrogen) atoms. The van der Waals surface area contributed by atoms with Crippen LogP contribution in [-0.4, -0.2) is 67.6 Å². The van der Waals surface area contributed by atoms with Gasteiger partial charge in [-0.2, -0.15) is 0 Å². The molecule has 2 aliphatic rings. The first-order valence-corrected chi connectivity index (χ1v) is 13.8. The fourth-order valence-corrected chi connectivity index (χ4v) is 6.15. The number of methoxy groups -OCH3 is 1. The number of para-hydroxylation sites is 1. The molecule has 1 aliphatic carbocycles. The fourth-order valence-electron chi connectivity index (χ4n) is 6.15. The Labute approximate surface area is 215 Å². The highest BCUT2D eigenvalue weighted by atomic mass is 19.1. The van der Waals surface area contributed by atoms with Crippen LogP contribution in [0.15, 0.2) is 18.2 Å². The summed E-state index contributed by atoms with van der Waals surface area (Å²) in [6, 6.07) is 4.26. The predicted octanol–water partition coefficient (Wildman–Crippen LogP) is 4.52. The number of nitrogens with zero attached hydrogens (tertiary/aromatic N) is 1. The average molecular weight is 508 g/mol. The maximum atomic E-state index is 14.3. The Morgan fingerprint density at radius 1 is 1.22 bits per heavy atom. The Morgan fingerprint density at radius 3 is 2.72 bits per heavy atom. The molecule has 3 rings (SSSR count). The number of aromatic hydroxyl groups is 1. The monoisotopic (exact) mass is 507 g/mol. The number of likely N-dealkylation sites (tertiary alicyclic amines) is 1. The van der Waals surface area contributed by atoms with Crippen molar-refractivity contribution in [2.75, 3.05) is 40.4 Å². The molecule has 0 aromatic heterocycles. The van der Waals surface area contributed by atoms with Gasteiger partial charge in [-0.3, -0.25) is 0 Å². The minimum Gasteiger partial charge on any atom is -0.505 e. The molecule has 0 radical (unpaired) electrons. The van der Waals surface area contributed by atoms with E-state index in [0.29, 0.717) is 44.9 Å². The van der Waals surface area contributed by atoms with Crippen molar-refractivity contribution < 1.29 is 24.1 Å². The summed E-state index contributed by atoms with van der Waals surface area (Å²) in [5.74, 6) is -0.909. The van der Waals surface area contributed by atoms with Crippen LogP contribution in [0.5, 0.6) is 5.75 Å². The van der Waals surface area contributed by atoms with Gasteiger partial charge in [-0.15, -0.1) is 0 Å². The maximum Gasteiger partial charge on any atom is 0.317 e. The van der Waals surface area contributed by atoms with Crippen LogP contribution in [0.1, 0.15) is 76.2 Å². The average Bonchev–Trinajstić information content (AvgIpc) is 2.89. The van der Waals surface area contributed by atoms with Gasteiger partial charge in [-0.25, -0.2) is 9.18 Å². The molecule has 1 saturated carbocycles. The predicted molar refractivity (Wildman–Crippen MR) is 139 cm³/mol. The number of phenolic OH excluding ortho intramolecular Hbond substituents is 1. The third-order valence-corrected chi connectivity index (χ3v) is 8.11. The van der Waals surface area contributed by atoms with Crippen LogP contribution in [0, 0.1) is 17.7 Å². The normalized spacial score (nSPS) is 21.7. The maximum absolute atomic E-state index is 14.3. The van der Waals surface area contributed by atoms with E-state index in [0.717, 1.165) is 25.8 Å². The highest BCUT2D eigenvalue weighted by molar-refractivity contribution is 5.74. The van der Waals surface area contributed by atoms with Crippen molar-refractivity contribution in [2.24, 2.45) is 11.8 Å². The number of carbonyl (C=O) groups excluding carboxylic acids is 1. The number of piperidine rings is 1. The first-order valence-electron chi connectivity index (χ1n) is 13.8. The summed E-state index contributed by atoms with van der Waals surface area (Å²) >= 11 is 0. The molecule has 8 heteroatoms. The van der Waals surface area contributed by atoms with Crippen molar-refractivity contribution in [3.05, 3.63) is 29.6 Å². The molecule has 204 valence electrons. The number of carbonyl (C=O) groups is 1. The lowest BCUT2D eigenvalue weighted by Crippen LogP contribution is -2.54. The smallest absolute Gasteiger partial charge is 0.317 e. The standard InChI is InChI=1S/C28H46FN3O4/c1-30-19-23(18-21-10-4-3-5-11-21)31-27(34)32-16-9-12-22(20-32)28(35,15-6-7-17-36-2)24-13-8-14-25(29)26(24)33/h8,13-14,21-23,30,33,35H,3-7,9-12,15-20H2,1-2H3,(H,31,34)/t22?,23?,28-/m0/s1. The number of likely N-dealkylation sites (N-methyl/N-ethyl adjacent to an activating group) is 1. The van der Waals surface area contributed by atoms with Crippen molar-refractivity contribution in [3.63, 3.8) is 0 Å². The first-order chi connectivity index (χ1) is 17.4. The van der Waals surface area contributed by atoms with E-state index in [1.807, 2.05) is 7.05 Å². The highest BCUT2D eigenvalue weighted by Crippen LogP contribution is 2.43. The van der Waals surface area contributed by atoms with Gasteiger partial charge in [0.15, 0.2) is 11.6 Å². The van der Waals surface area contributed by atoms with E-state index in [2.05, 4.69) is 10.6 Å². The molecule has 2 amide bonds. The topological polar surface area (TPSA) is 94.1 Å². The van der Waals surface area contributed by atoms with Gasteiger partial charge < -0.3 is 30.5 Å². The number of unbranched alkanes of at least 4 members (excludes halogenated alkanes) is 1. The number of phenols is 1. The van der Waals surface area contributed by atoms with Crippen LogP contribution in [0.2, 0.25) is 0 Å². The number of rotatable bonds is 12. The van der Waals surface area contributed by atoms with Crippen molar-refractivity contribution in [3.8, 4) is 5.75 Å². The number of ether oxygens (including phenoxy) is 1. The molecule has 0 spiro atoms. The van der Waals surface area contributed by atoms with Gasteiger partial charge in [0.25, 0.3) is 0 Å². The van der Waals surface area contributed by atoms with E-state index < -0.39 is 17.2 Å². The second-order valence-corrected chi connectivity index (χ2v) is 10.7. The van der Waals surface area contributed by atoms with Crippen LogP contribution >= 0.6 is 0 Å². The molecule has 4 N–H and O–H groups in total. The molecule has 3 atom stereocenters. The summed E-state index contributed by atoms with van der Waals surface area (Å²) in [7, 11) is 3.55. The summed E-state index contributed by atoms with van der Waals surface area (Å²) in [5, 5.41) is 28.9. The summed E-state index contributed by atoms with van der Waals surface area (Å²) in [4.78, 5) is 15.1. The molecule has 7 nitrogen and oxygen atoms in total. The van der Waals surface area contributed by atoms with Gasteiger partial charge in [0.1, 0.15) is 0 Å². The number of urea groups is 1. The summed E-state index contributed by atoms with van der Waals surface area (Å²) in [5.41, 5.74) is -1.23. The third-order valence-electron chi connectivity index (χ3n) is 8.11. The van der Waals surface area contributed by atoms with Gasteiger partial charge in [0.2, 0.25) is 0 Å². The van der Waals surface area contributed by atoms with E-state index in [-0.39, 0.29) is 23.6 Å². The van der Waals surface area contributed by atoms with Crippen molar-refractivity contribution in [2.45, 2.75) is 82.3 Å². The Bertz CT molecular complexity index is 820. The SMILES string of the molecule is CNCC(CC1CCCCC1)NC(=O)N1CCCC([C@@](O)(CCCCOC)c2cccc(F)c2O)C1. The number of hydrogen-bond donors (Lipinski definition) is 4. The van der Waals surface area contributed by atoms with Crippen molar-refractivity contribution >= 4 is 6.03 Å². The van der Waals surface area contributed by atoms with Crippen LogP contribution in [0.4, 0.5) is 9.18 Å². The van der Waals surface area contributed by atoms with Gasteiger partial charge in [-0.05, 0) is 57.6 Å². The second-order valence-electron chi connectivity index (χ2n) is 10.7. The largest absolute Gasteiger partial charge is 0.505 e. The number of hydrogen-bond acceptors (Lipinski definition) is 5. The lowest BCUT2D eigenvalue weighted by molar-refractivity contribution is -0.0580. The van der Waals surface area contributed by atoms with Gasteiger partial charge >= 0.3 is 6.03 Å². The lowest BCUT2D eigenvalue weighted by atomic mass is 9.73. The van der Waals surface area contributed by atoms with E-state index in [1.54, 1.807) is 18.1 Å². The van der Waals surface area contributed by atoms with Crippen LogP contribution in [0.25, 0.3) is 0 Å². The quantitative estimate of drug-likeness (QED) is 0.312.